The molecule has 0 N–H and O–H groups in total. The number of rotatable bonds is 13. The summed E-state index contributed by atoms with van der Waals surface area (Å²) < 4.78 is 0. The highest BCUT2D eigenvalue weighted by Crippen LogP contribution is 2.41. The molecule has 0 saturated heterocycles. The summed E-state index contributed by atoms with van der Waals surface area (Å²) in [5, 5.41) is 0. The van der Waals surface area contributed by atoms with Crippen molar-refractivity contribution in [1.82, 2.24) is 0 Å². The number of unbranched alkanes of at least 4 members (excludes halogenated alkanes) is 3. The summed E-state index contributed by atoms with van der Waals surface area (Å²) in [7, 11) is -1.75. The molecule has 1 nitrogen and oxygen atoms in total. The van der Waals surface area contributed by atoms with Gasteiger partial charge in [0.1, 0.15) is 8.07 Å². The number of hydrogen-bond acceptors (Lipinski definition) is 1. The second kappa shape index (κ2) is 14.6. The SMILES string of the molecule is CCCC[Si](C#C[C@]1(Cc2ccccc2)CCC[C@H](Cc2ccccc2)C1=O)(CCCC)CCCC. The van der Waals surface area contributed by atoms with E-state index in [1.165, 1.54) is 67.8 Å². The number of Topliss-reactive ketones (excluding diaryl/α,β-unsaturated/α-hetero) is 1. The van der Waals surface area contributed by atoms with Crippen molar-refractivity contribution in [1.29, 1.82) is 0 Å². The summed E-state index contributed by atoms with van der Waals surface area (Å²) in [6.07, 6.45) is 12.2. The fourth-order valence-electron chi connectivity index (χ4n) is 6.04. The number of carbonyl (C=O) groups is 1. The summed E-state index contributed by atoms with van der Waals surface area (Å²) in [6, 6.07) is 25.2. The lowest BCUT2D eigenvalue weighted by Crippen LogP contribution is -2.42. The number of ketones is 1. The molecule has 0 amide bonds. The van der Waals surface area contributed by atoms with Gasteiger partial charge >= 0.3 is 0 Å². The first-order chi connectivity index (χ1) is 17.6. The van der Waals surface area contributed by atoms with Gasteiger partial charge in [-0.3, -0.25) is 4.79 Å². The monoisotopic (exact) mass is 500 g/mol. The van der Waals surface area contributed by atoms with E-state index < -0.39 is 13.5 Å². The molecule has 2 heteroatoms. The van der Waals surface area contributed by atoms with Crippen LogP contribution in [0.2, 0.25) is 18.1 Å². The van der Waals surface area contributed by atoms with E-state index in [0.29, 0.717) is 5.78 Å². The van der Waals surface area contributed by atoms with E-state index in [4.69, 9.17) is 0 Å². The number of carbonyl (C=O) groups excluding carboxylic acids is 1. The molecule has 0 heterocycles. The summed E-state index contributed by atoms with van der Waals surface area (Å²) in [5.74, 6) is 4.37. The van der Waals surface area contributed by atoms with Crippen molar-refractivity contribution >= 4 is 13.9 Å². The molecule has 3 rings (SSSR count). The van der Waals surface area contributed by atoms with Crippen molar-refractivity contribution in [3.8, 4) is 11.5 Å². The maximum Gasteiger partial charge on any atom is 0.154 e. The Morgan fingerprint density at radius 3 is 1.86 bits per heavy atom. The quantitative estimate of drug-likeness (QED) is 0.198. The van der Waals surface area contributed by atoms with E-state index in [1.807, 2.05) is 0 Å². The smallest absolute Gasteiger partial charge is 0.154 e. The molecule has 0 radical (unpaired) electrons. The maximum absolute atomic E-state index is 14.3. The molecule has 0 spiro atoms. The van der Waals surface area contributed by atoms with Gasteiger partial charge in [0.05, 0.1) is 5.41 Å². The van der Waals surface area contributed by atoms with Gasteiger partial charge in [0.2, 0.25) is 0 Å². The van der Waals surface area contributed by atoms with Crippen LogP contribution in [0.3, 0.4) is 0 Å². The van der Waals surface area contributed by atoms with Gasteiger partial charge in [0.25, 0.3) is 0 Å². The number of hydrogen-bond donors (Lipinski definition) is 0. The molecular formula is C34H48OSi. The van der Waals surface area contributed by atoms with Crippen molar-refractivity contribution in [3.05, 3.63) is 71.8 Å². The predicted octanol–water partition coefficient (Wildman–Crippen LogP) is 9.22. The van der Waals surface area contributed by atoms with E-state index in [-0.39, 0.29) is 5.92 Å². The summed E-state index contributed by atoms with van der Waals surface area (Å²) in [6.45, 7) is 6.92. The summed E-state index contributed by atoms with van der Waals surface area (Å²) in [5.41, 5.74) is 6.05. The van der Waals surface area contributed by atoms with Gasteiger partial charge in [-0.2, -0.15) is 0 Å². The van der Waals surface area contributed by atoms with Crippen molar-refractivity contribution < 1.29 is 4.79 Å². The van der Waals surface area contributed by atoms with E-state index in [0.717, 1.165) is 32.1 Å². The van der Waals surface area contributed by atoms with Gasteiger partial charge in [0.15, 0.2) is 5.78 Å². The largest absolute Gasteiger partial charge is 0.298 e. The zero-order valence-corrected chi connectivity index (χ0v) is 24.2. The van der Waals surface area contributed by atoms with Crippen LogP contribution >= 0.6 is 0 Å². The third kappa shape index (κ3) is 7.94. The van der Waals surface area contributed by atoms with Gasteiger partial charge in [-0.25, -0.2) is 0 Å². The third-order valence-corrected chi connectivity index (χ3v) is 12.9. The van der Waals surface area contributed by atoms with Gasteiger partial charge in [-0.1, -0.05) is 132 Å². The van der Waals surface area contributed by atoms with Crippen LogP contribution in [0.1, 0.15) is 89.7 Å². The minimum atomic E-state index is -1.75. The summed E-state index contributed by atoms with van der Waals surface area (Å²) in [4.78, 5) is 14.3. The van der Waals surface area contributed by atoms with Gasteiger partial charge in [0, 0.05) is 5.92 Å². The third-order valence-electron chi connectivity index (χ3n) is 8.27. The molecule has 0 unspecified atom stereocenters. The van der Waals surface area contributed by atoms with E-state index in [1.54, 1.807) is 0 Å². The van der Waals surface area contributed by atoms with Gasteiger partial charge < -0.3 is 0 Å². The van der Waals surface area contributed by atoms with Crippen LogP contribution in [0.25, 0.3) is 0 Å². The Hall–Kier alpha value is -2.11. The molecule has 1 aliphatic rings. The van der Waals surface area contributed by atoms with Crippen molar-refractivity contribution in [2.24, 2.45) is 11.3 Å². The first-order valence-electron chi connectivity index (χ1n) is 14.7. The standard InChI is InChI=1S/C34H48OSi/c1-4-7-24-36(25-8-5-2,26-9-6-3)27-23-34(29-31-19-14-11-15-20-31)22-16-21-32(33(34)35)28-30-17-12-10-13-18-30/h10-15,17-20,32H,4-9,16,21-22,24-26,28-29H2,1-3H3/t32-,34+/m1/s1. The Balaban J connectivity index is 2.00. The predicted molar refractivity (Wildman–Crippen MR) is 158 cm³/mol. The Kier molecular flexibility index (Phi) is 11.5. The van der Waals surface area contributed by atoms with Crippen LogP contribution in [0, 0.1) is 22.8 Å². The van der Waals surface area contributed by atoms with Crippen LogP contribution < -0.4 is 0 Å². The second-order valence-corrected chi connectivity index (χ2v) is 15.5. The fraction of sp³-hybridized carbons (Fsp3) is 0.559. The highest BCUT2D eigenvalue weighted by molar-refractivity contribution is 6.87. The lowest BCUT2D eigenvalue weighted by atomic mass is 9.65. The molecule has 1 fully saturated rings. The minimum absolute atomic E-state index is 0.0807. The van der Waals surface area contributed by atoms with E-state index >= 15 is 0 Å². The average molecular weight is 501 g/mol. The van der Waals surface area contributed by atoms with Crippen LogP contribution in [0.15, 0.2) is 60.7 Å². The zero-order valence-electron chi connectivity index (χ0n) is 23.2. The first-order valence-corrected chi connectivity index (χ1v) is 17.3. The molecule has 36 heavy (non-hydrogen) atoms. The van der Waals surface area contributed by atoms with Crippen LogP contribution in [0.4, 0.5) is 0 Å². The molecule has 194 valence electrons. The second-order valence-electron chi connectivity index (χ2n) is 11.2. The Bertz CT molecular complexity index is 949. The van der Waals surface area contributed by atoms with Gasteiger partial charge in [-0.15, -0.1) is 5.54 Å². The van der Waals surface area contributed by atoms with E-state index in [9.17, 15) is 4.79 Å². The van der Waals surface area contributed by atoms with Crippen molar-refractivity contribution in [3.63, 3.8) is 0 Å². The molecule has 0 aromatic heterocycles. The van der Waals surface area contributed by atoms with Crippen molar-refractivity contribution in [2.75, 3.05) is 0 Å². The minimum Gasteiger partial charge on any atom is -0.298 e. The molecule has 2 aromatic carbocycles. The Morgan fingerprint density at radius 1 is 0.806 bits per heavy atom. The Labute approximate surface area is 222 Å². The van der Waals surface area contributed by atoms with E-state index in [2.05, 4.69) is 92.9 Å². The summed E-state index contributed by atoms with van der Waals surface area (Å²) >= 11 is 0. The fourth-order valence-corrected chi connectivity index (χ4v) is 10.8. The van der Waals surface area contributed by atoms with Crippen LogP contribution in [0.5, 0.6) is 0 Å². The molecule has 2 atom stereocenters. The average Bonchev–Trinajstić information content (AvgIpc) is 2.91. The lowest BCUT2D eigenvalue weighted by Gasteiger charge is -2.37. The molecular weight excluding hydrogens is 452 g/mol. The first kappa shape index (κ1) is 28.5. The normalized spacial score (nSPS) is 20.1. The molecule has 2 aromatic rings. The van der Waals surface area contributed by atoms with Crippen LogP contribution in [-0.2, 0) is 17.6 Å². The molecule has 0 aliphatic heterocycles. The van der Waals surface area contributed by atoms with Crippen LogP contribution in [-0.4, -0.2) is 13.9 Å². The maximum atomic E-state index is 14.3. The highest BCUT2D eigenvalue weighted by atomic mass is 28.3. The Morgan fingerprint density at radius 2 is 1.33 bits per heavy atom. The molecule has 1 saturated carbocycles. The van der Waals surface area contributed by atoms with Crippen molar-refractivity contribution in [2.45, 2.75) is 110 Å². The topological polar surface area (TPSA) is 17.1 Å². The highest BCUT2D eigenvalue weighted by Gasteiger charge is 2.44. The molecule has 1 aliphatic carbocycles. The lowest BCUT2D eigenvalue weighted by molar-refractivity contribution is -0.132. The number of benzene rings is 2. The zero-order chi connectivity index (χ0) is 25.7. The van der Waals surface area contributed by atoms with Gasteiger partial charge in [-0.05, 0) is 54.9 Å². The molecule has 0 bridgehead atoms.